The number of methoxy groups -OCH3 is 1. The van der Waals surface area contributed by atoms with Crippen molar-refractivity contribution in [1.82, 2.24) is 9.78 Å². The Morgan fingerprint density at radius 2 is 1.94 bits per heavy atom. The molecule has 3 rings (SSSR count). The highest BCUT2D eigenvalue weighted by Gasteiger charge is 2.13. The van der Waals surface area contributed by atoms with E-state index in [9.17, 15) is 13.6 Å². The average Bonchev–Trinajstić information content (AvgIpc) is 3.12. The van der Waals surface area contributed by atoms with Gasteiger partial charge in [0, 0.05) is 37.5 Å². The van der Waals surface area contributed by atoms with Crippen LogP contribution in [0.25, 0.3) is 12.2 Å². The van der Waals surface area contributed by atoms with Gasteiger partial charge < -0.3 is 14.8 Å². The summed E-state index contributed by atoms with van der Waals surface area (Å²) in [4.78, 5) is 12.7. The Morgan fingerprint density at radius 1 is 1.19 bits per heavy atom. The number of hydrogen-bond acceptors (Lipinski definition) is 4. The lowest BCUT2D eigenvalue weighted by molar-refractivity contribution is 0.0917. The zero-order valence-corrected chi connectivity index (χ0v) is 17.4. The number of aromatic nitrogens is 2. The summed E-state index contributed by atoms with van der Waals surface area (Å²) in [6, 6.07) is 10.2. The van der Waals surface area contributed by atoms with Gasteiger partial charge >= 0.3 is 0 Å². The largest absolute Gasteiger partial charge is 0.488 e. The maximum Gasteiger partial charge on any atom is 0.257 e. The Bertz CT molecular complexity index is 1080. The van der Waals surface area contributed by atoms with Gasteiger partial charge in [-0.05, 0) is 48.9 Å². The lowest BCUT2D eigenvalue weighted by atomic mass is 10.1. The normalized spacial score (nSPS) is 12.2. The molecular weight excluding hydrogens is 404 g/mol. The average molecular weight is 427 g/mol. The second-order valence-corrected chi connectivity index (χ2v) is 6.97. The third kappa shape index (κ3) is 5.99. The Labute approximate surface area is 179 Å². The van der Waals surface area contributed by atoms with E-state index >= 15 is 0 Å². The van der Waals surface area contributed by atoms with Gasteiger partial charge in [0.15, 0.2) is 5.82 Å². The van der Waals surface area contributed by atoms with Crippen molar-refractivity contribution in [2.24, 2.45) is 7.05 Å². The molecule has 2 aromatic carbocycles. The van der Waals surface area contributed by atoms with Gasteiger partial charge in [-0.2, -0.15) is 5.10 Å². The van der Waals surface area contributed by atoms with Crippen LogP contribution in [0.3, 0.4) is 0 Å². The molecule has 1 aromatic heterocycles. The predicted octanol–water partition coefficient (Wildman–Crippen LogP) is 4.53. The molecule has 0 spiro atoms. The standard InChI is InChI=1S/C23H23F2N3O3/c1-15(14-30-3)31-18-12-16(7-8-19-20(24)5-4-6-21(19)25)11-17(13-18)23(29)26-22-9-10-28(2)27-22/h4-13,15H,14H2,1-3H3,(H,26,27,29)/t15-/m0/s1. The fraction of sp³-hybridized carbons (Fsp3) is 0.217. The second kappa shape index (κ2) is 9.99. The van der Waals surface area contributed by atoms with Crippen LogP contribution < -0.4 is 10.1 Å². The van der Waals surface area contributed by atoms with E-state index in [4.69, 9.17) is 9.47 Å². The first-order valence-electron chi connectivity index (χ1n) is 9.59. The molecule has 8 heteroatoms. The fourth-order valence-electron chi connectivity index (χ4n) is 2.94. The van der Waals surface area contributed by atoms with Crippen molar-refractivity contribution in [1.29, 1.82) is 0 Å². The molecule has 1 amide bonds. The molecule has 0 bridgehead atoms. The van der Waals surface area contributed by atoms with Crippen molar-refractivity contribution in [3.63, 3.8) is 0 Å². The van der Waals surface area contributed by atoms with E-state index in [1.54, 1.807) is 49.3 Å². The summed E-state index contributed by atoms with van der Waals surface area (Å²) in [6.07, 6.45) is 4.29. The molecule has 0 aliphatic heterocycles. The first-order chi connectivity index (χ1) is 14.9. The highest BCUT2D eigenvalue weighted by Crippen LogP contribution is 2.23. The molecule has 0 saturated heterocycles. The van der Waals surface area contributed by atoms with Crippen molar-refractivity contribution in [3.8, 4) is 5.75 Å². The fourth-order valence-corrected chi connectivity index (χ4v) is 2.94. The van der Waals surface area contributed by atoms with Crippen molar-refractivity contribution < 1.29 is 23.0 Å². The number of rotatable bonds is 8. The van der Waals surface area contributed by atoms with Crippen LogP contribution in [-0.2, 0) is 11.8 Å². The number of benzene rings is 2. The number of carbonyl (C=O) groups is 1. The van der Waals surface area contributed by atoms with Gasteiger partial charge in [-0.15, -0.1) is 0 Å². The molecule has 1 heterocycles. The van der Waals surface area contributed by atoms with Gasteiger partial charge in [-0.25, -0.2) is 8.78 Å². The molecule has 1 N–H and O–H groups in total. The maximum absolute atomic E-state index is 13.9. The number of carbonyl (C=O) groups excluding carboxylic acids is 1. The van der Waals surface area contributed by atoms with Gasteiger partial charge in [0.25, 0.3) is 5.91 Å². The Balaban J connectivity index is 1.92. The van der Waals surface area contributed by atoms with Crippen LogP contribution in [0.1, 0.15) is 28.4 Å². The number of aryl methyl sites for hydroxylation is 1. The summed E-state index contributed by atoms with van der Waals surface area (Å²) in [5, 5.41) is 6.84. The van der Waals surface area contributed by atoms with Gasteiger partial charge in [0.05, 0.1) is 6.61 Å². The molecule has 0 fully saturated rings. The number of nitrogens with one attached hydrogen (secondary N) is 1. The summed E-state index contributed by atoms with van der Waals surface area (Å²) in [6.45, 7) is 2.18. The molecule has 0 aliphatic carbocycles. The second-order valence-electron chi connectivity index (χ2n) is 6.97. The van der Waals surface area contributed by atoms with Gasteiger partial charge in [0.1, 0.15) is 23.5 Å². The minimum absolute atomic E-state index is 0.166. The smallest absolute Gasteiger partial charge is 0.257 e. The van der Waals surface area contributed by atoms with E-state index in [1.165, 1.54) is 30.4 Å². The highest BCUT2D eigenvalue weighted by molar-refractivity contribution is 6.04. The first-order valence-corrected chi connectivity index (χ1v) is 9.59. The van der Waals surface area contributed by atoms with Crippen LogP contribution in [-0.4, -0.2) is 35.5 Å². The number of nitrogens with zero attached hydrogens (tertiary/aromatic N) is 2. The van der Waals surface area contributed by atoms with E-state index in [0.717, 1.165) is 0 Å². The van der Waals surface area contributed by atoms with Gasteiger partial charge in [0.2, 0.25) is 0 Å². The third-order valence-corrected chi connectivity index (χ3v) is 4.33. The van der Waals surface area contributed by atoms with Crippen molar-refractivity contribution in [3.05, 3.63) is 77.0 Å². The molecule has 162 valence electrons. The molecule has 3 aromatic rings. The first kappa shape index (κ1) is 22.2. The van der Waals surface area contributed by atoms with E-state index in [1.807, 2.05) is 6.92 Å². The number of halogens is 2. The molecular formula is C23H23F2N3O3. The number of amides is 1. The molecule has 0 unspecified atom stereocenters. The van der Waals surface area contributed by atoms with E-state index < -0.39 is 17.5 Å². The van der Waals surface area contributed by atoms with Crippen LogP contribution in [0.4, 0.5) is 14.6 Å². The van der Waals surface area contributed by atoms with E-state index in [2.05, 4.69) is 10.4 Å². The third-order valence-electron chi connectivity index (χ3n) is 4.33. The summed E-state index contributed by atoms with van der Waals surface area (Å²) in [5.41, 5.74) is 0.679. The Morgan fingerprint density at radius 3 is 2.58 bits per heavy atom. The topological polar surface area (TPSA) is 65.4 Å². The zero-order valence-electron chi connectivity index (χ0n) is 17.4. The Kier molecular flexibility index (Phi) is 7.15. The SMILES string of the molecule is COC[C@H](C)Oc1cc(C=Cc2c(F)cccc2F)cc(C(=O)Nc2ccn(C)n2)c1. The zero-order chi connectivity index (χ0) is 22.4. The highest BCUT2D eigenvalue weighted by atomic mass is 19.1. The molecule has 0 saturated carbocycles. The molecule has 31 heavy (non-hydrogen) atoms. The summed E-state index contributed by atoms with van der Waals surface area (Å²) in [5.74, 6) is -0.921. The number of hydrogen-bond donors (Lipinski definition) is 1. The van der Waals surface area contributed by atoms with Gasteiger partial charge in [-0.3, -0.25) is 9.48 Å². The van der Waals surface area contributed by atoms with Crippen molar-refractivity contribution in [2.75, 3.05) is 19.0 Å². The minimum atomic E-state index is -0.675. The number of ether oxygens (including phenoxy) is 2. The summed E-state index contributed by atoms with van der Waals surface area (Å²) in [7, 11) is 3.31. The lowest BCUT2D eigenvalue weighted by Crippen LogP contribution is -2.19. The van der Waals surface area contributed by atoms with Crippen LogP contribution in [0.15, 0.2) is 48.7 Å². The van der Waals surface area contributed by atoms with Gasteiger partial charge in [-0.1, -0.05) is 12.1 Å². The van der Waals surface area contributed by atoms with Crippen molar-refractivity contribution >= 4 is 23.9 Å². The molecule has 0 aliphatic rings. The number of anilines is 1. The lowest BCUT2D eigenvalue weighted by Gasteiger charge is -2.15. The van der Waals surface area contributed by atoms with Crippen LogP contribution in [0, 0.1) is 11.6 Å². The van der Waals surface area contributed by atoms with E-state index in [-0.39, 0.29) is 11.7 Å². The van der Waals surface area contributed by atoms with Crippen LogP contribution in [0.2, 0.25) is 0 Å². The summed E-state index contributed by atoms with van der Waals surface area (Å²) < 4.78 is 40.4. The van der Waals surface area contributed by atoms with Crippen molar-refractivity contribution in [2.45, 2.75) is 13.0 Å². The quantitative estimate of drug-likeness (QED) is 0.537. The molecule has 6 nitrogen and oxygen atoms in total. The summed E-state index contributed by atoms with van der Waals surface area (Å²) >= 11 is 0. The van der Waals surface area contributed by atoms with E-state index in [0.29, 0.717) is 29.3 Å². The maximum atomic E-state index is 13.9. The Hall–Kier alpha value is -3.52. The monoisotopic (exact) mass is 427 g/mol. The molecule has 0 radical (unpaired) electrons. The van der Waals surface area contributed by atoms with Crippen LogP contribution >= 0.6 is 0 Å². The predicted molar refractivity (Wildman–Crippen MR) is 115 cm³/mol. The molecule has 1 atom stereocenters. The minimum Gasteiger partial charge on any atom is -0.488 e. The van der Waals surface area contributed by atoms with Crippen LogP contribution in [0.5, 0.6) is 5.75 Å².